The zero-order valence-electron chi connectivity index (χ0n) is 13.1. The van der Waals surface area contributed by atoms with E-state index in [4.69, 9.17) is 11.6 Å². The van der Waals surface area contributed by atoms with Crippen LogP contribution in [0.1, 0.15) is 47.6 Å². The highest BCUT2D eigenvalue weighted by Gasteiger charge is 2.26. The number of aryl methyl sites for hydroxylation is 1. The number of carboxylic acid groups (broad SMARTS) is 1. The fourth-order valence-electron chi connectivity index (χ4n) is 2.17. The summed E-state index contributed by atoms with van der Waals surface area (Å²) >= 11 is 6.04. The molecule has 0 spiro atoms. The average molecular weight is 336 g/mol. The summed E-state index contributed by atoms with van der Waals surface area (Å²) in [5.74, 6) is -1.53. The van der Waals surface area contributed by atoms with Crippen molar-refractivity contribution in [2.75, 3.05) is 0 Å². The average Bonchev–Trinajstić information content (AvgIpc) is 2.87. The molecule has 2 rings (SSSR count). The van der Waals surface area contributed by atoms with Gasteiger partial charge in [-0.1, -0.05) is 43.6 Å². The van der Waals surface area contributed by atoms with Gasteiger partial charge in [-0.05, 0) is 18.1 Å². The van der Waals surface area contributed by atoms with E-state index in [0.717, 1.165) is 5.69 Å². The van der Waals surface area contributed by atoms with E-state index in [1.807, 2.05) is 13.8 Å². The first kappa shape index (κ1) is 17.0. The first-order valence-electron chi connectivity index (χ1n) is 7.13. The Morgan fingerprint density at radius 1 is 1.30 bits per heavy atom. The van der Waals surface area contributed by atoms with E-state index in [9.17, 15) is 14.7 Å². The van der Waals surface area contributed by atoms with Crippen LogP contribution < -0.4 is 5.32 Å². The van der Waals surface area contributed by atoms with E-state index in [0.29, 0.717) is 11.3 Å². The van der Waals surface area contributed by atoms with E-state index < -0.39 is 17.9 Å². The van der Waals surface area contributed by atoms with E-state index in [2.05, 4.69) is 10.4 Å². The monoisotopic (exact) mass is 335 g/mol. The number of amides is 1. The summed E-state index contributed by atoms with van der Waals surface area (Å²) in [6, 6.07) is 6.95. The molecule has 1 amide bonds. The number of carbonyl (C=O) groups is 2. The predicted molar refractivity (Wildman–Crippen MR) is 86.6 cm³/mol. The largest absolute Gasteiger partial charge is 0.479 e. The third kappa shape index (κ3) is 3.71. The van der Waals surface area contributed by atoms with Crippen LogP contribution in [0.25, 0.3) is 0 Å². The lowest BCUT2D eigenvalue weighted by Crippen LogP contribution is -2.34. The highest BCUT2D eigenvalue weighted by molar-refractivity contribution is 6.31. The van der Waals surface area contributed by atoms with Crippen molar-refractivity contribution in [2.24, 2.45) is 7.05 Å². The summed E-state index contributed by atoms with van der Waals surface area (Å²) in [5, 5.41) is 16.5. The normalized spacial score (nSPS) is 12.2. The molecular formula is C16H18ClN3O3. The first-order chi connectivity index (χ1) is 10.8. The van der Waals surface area contributed by atoms with Crippen LogP contribution in [0.3, 0.4) is 0 Å². The number of hydrogen-bond donors (Lipinski definition) is 2. The molecule has 6 nitrogen and oxygen atoms in total. The smallest absolute Gasteiger partial charge is 0.330 e. The Kier molecular flexibility index (Phi) is 5.05. The molecular weight excluding hydrogens is 318 g/mol. The minimum Gasteiger partial charge on any atom is -0.479 e. The summed E-state index contributed by atoms with van der Waals surface area (Å²) in [6.45, 7) is 3.93. The van der Waals surface area contributed by atoms with Crippen LogP contribution in [0, 0.1) is 0 Å². The zero-order chi connectivity index (χ0) is 17.1. The summed E-state index contributed by atoms with van der Waals surface area (Å²) in [4.78, 5) is 23.9. The number of carboxylic acids is 1. The summed E-state index contributed by atoms with van der Waals surface area (Å²) < 4.78 is 1.44. The van der Waals surface area contributed by atoms with Crippen LogP contribution in [0.2, 0.25) is 5.02 Å². The van der Waals surface area contributed by atoms with Crippen molar-refractivity contribution in [1.82, 2.24) is 15.1 Å². The van der Waals surface area contributed by atoms with Gasteiger partial charge >= 0.3 is 5.97 Å². The lowest BCUT2D eigenvalue weighted by atomic mass is 10.1. The second kappa shape index (κ2) is 6.83. The first-order valence-corrected chi connectivity index (χ1v) is 7.51. The second-order valence-corrected chi connectivity index (χ2v) is 5.91. The third-order valence-electron chi connectivity index (χ3n) is 3.46. The lowest BCUT2D eigenvalue weighted by molar-refractivity contribution is -0.139. The molecule has 0 fully saturated rings. The van der Waals surface area contributed by atoms with Crippen LogP contribution in [0.5, 0.6) is 0 Å². The summed E-state index contributed by atoms with van der Waals surface area (Å²) in [6.07, 6.45) is 0. The number of rotatable bonds is 5. The van der Waals surface area contributed by atoms with Crippen LogP contribution in [-0.4, -0.2) is 26.8 Å². The van der Waals surface area contributed by atoms with E-state index in [-0.39, 0.29) is 10.9 Å². The quantitative estimate of drug-likeness (QED) is 0.880. The van der Waals surface area contributed by atoms with Crippen LogP contribution in [-0.2, 0) is 11.8 Å². The molecule has 2 N–H and O–H groups in total. The van der Waals surface area contributed by atoms with E-state index in [1.54, 1.807) is 37.4 Å². The predicted octanol–water partition coefficient (Wildman–Crippen LogP) is 2.75. The number of hydrogen-bond acceptors (Lipinski definition) is 3. The number of nitrogens with zero attached hydrogens (tertiary/aromatic N) is 2. The molecule has 2 aromatic rings. The van der Waals surface area contributed by atoms with Crippen molar-refractivity contribution in [1.29, 1.82) is 0 Å². The molecule has 23 heavy (non-hydrogen) atoms. The standard InChI is InChI=1S/C16H18ClN3O3/c1-9(2)12-8-13(20(3)19-12)15(21)18-14(16(22)23)10-6-4-5-7-11(10)17/h4-9,14H,1-3H3,(H,18,21)(H,22,23). The maximum absolute atomic E-state index is 12.4. The van der Waals surface area contributed by atoms with Gasteiger partial charge in [0.15, 0.2) is 6.04 Å². The van der Waals surface area contributed by atoms with Crippen molar-refractivity contribution in [3.05, 3.63) is 52.3 Å². The van der Waals surface area contributed by atoms with Gasteiger partial charge in [0, 0.05) is 17.6 Å². The molecule has 0 bridgehead atoms. The zero-order valence-corrected chi connectivity index (χ0v) is 13.8. The Bertz CT molecular complexity index is 740. The van der Waals surface area contributed by atoms with Gasteiger partial charge in [-0.15, -0.1) is 0 Å². The van der Waals surface area contributed by atoms with Crippen LogP contribution >= 0.6 is 11.6 Å². The van der Waals surface area contributed by atoms with Crippen molar-refractivity contribution in [3.63, 3.8) is 0 Å². The molecule has 0 saturated carbocycles. The maximum atomic E-state index is 12.4. The Hall–Kier alpha value is -2.34. The van der Waals surface area contributed by atoms with Crippen LogP contribution in [0.4, 0.5) is 0 Å². The summed E-state index contributed by atoms with van der Waals surface area (Å²) in [7, 11) is 1.64. The van der Waals surface area contributed by atoms with Gasteiger partial charge in [-0.25, -0.2) is 4.79 Å². The molecule has 1 aromatic carbocycles. The Morgan fingerprint density at radius 3 is 2.48 bits per heavy atom. The number of benzene rings is 1. The van der Waals surface area contributed by atoms with Crippen molar-refractivity contribution >= 4 is 23.5 Å². The van der Waals surface area contributed by atoms with Gasteiger partial charge in [0.25, 0.3) is 5.91 Å². The molecule has 1 atom stereocenters. The minimum atomic E-state index is -1.23. The molecule has 0 aliphatic carbocycles. The molecule has 1 heterocycles. The molecule has 1 aromatic heterocycles. The van der Waals surface area contributed by atoms with E-state index >= 15 is 0 Å². The molecule has 7 heteroatoms. The Balaban J connectivity index is 2.29. The fourth-order valence-corrected chi connectivity index (χ4v) is 2.42. The third-order valence-corrected chi connectivity index (χ3v) is 3.81. The van der Waals surface area contributed by atoms with Gasteiger partial charge < -0.3 is 10.4 Å². The molecule has 122 valence electrons. The molecule has 0 aliphatic rings. The topological polar surface area (TPSA) is 84.2 Å². The van der Waals surface area contributed by atoms with Crippen molar-refractivity contribution in [2.45, 2.75) is 25.8 Å². The Morgan fingerprint density at radius 2 is 1.96 bits per heavy atom. The fraction of sp³-hybridized carbons (Fsp3) is 0.312. The van der Waals surface area contributed by atoms with Crippen molar-refractivity contribution < 1.29 is 14.7 Å². The van der Waals surface area contributed by atoms with E-state index in [1.165, 1.54) is 4.68 Å². The minimum absolute atomic E-state index is 0.168. The van der Waals surface area contributed by atoms with Gasteiger partial charge in [0.2, 0.25) is 0 Å². The second-order valence-electron chi connectivity index (χ2n) is 5.50. The van der Waals surface area contributed by atoms with Gasteiger partial charge in [0.05, 0.1) is 5.69 Å². The molecule has 0 saturated heterocycles. The molecule has 0 radical (unpaired) electrons. The summed E-state index contributed by atoms with van der Waals surface area (Å²) in [5.41, 5.74) is 1.40. The van der Waals surface area contributed by atoms with Gasteiger partial charge in [0.1, 0.15) is 5.69 Å². The maximum Gasteiger partial charge on any atom is 0.330 e. The number of aromatic nitrogens is 2. The Labute approximate surface area is 139 Å². The van der Waals surface area contributed by atoms with Crippen molar-refractivity contribution in [3.8, 4) is 0 Å². The highest BCUT2D eigenvalue weighted by Crippen LogP contribution is 2.23. The highest BCUT2D eigenvalue weighted by atomic mass is 35.5. The van der Waals surface area contributed by atoms with Crippen LogP contribution in [0.15, 0.2) is 30.3 Å². The number of halogens is 1. The van der Waals surface area contributed by atoms with Gasteiger partial charge in [-0.2, -0.15) is 5.10 Å². The van der Waals surface area contributed by atoms with Gasteiger partial charge in [-0.3, -0.25) is 9.48 Å². The number of aliphatic carboxylic acids is 1. The SMILES string of the molecule is CC(C)c1cc(C(=O)NC(C(=O)O)c2ccccc2Cl)n(C)n1. The number of carbonyl (C=O) groups excluding carboxylic acids is 1. The lowest BCUT2D eigenvalue weighted by Gasteiger charge is -2.16. The molecule has 0 aliphatic heterocycles. The molecule has 1 unspecified atom stereocenters. The number of nitrogens with one attached hydrogen (secondary N) is 1.